The second-order valence-electron chi connectivity index (χ2n) is 3.02. The van der Waals surface area contributed by atoms with Gasteiger partial charge < -0.3 is 14.6 Å². The molecule has 1 N–H and O–H groups in total. The van der Waals surface area contributed by atoms with Crippen molar-refractivity contribution in [1.82, 2.24) is 9.88 Å². The molecule has 0 aromatic carbocycles. The summed E-state index contributed by atoms with van der Waals surface area (Å²) >= 11 is 0. The van der Waals surface area contributed by atoms with Crippen molar-refractivity contribution < 1.29 is 9.53 Å². The quantitative estimate of drug-likeness (QED) is 0.704. The van der Waals surface area contributed by atoms with Crippen LogP contribution >= 0.6 is 0 Å². The van der Waals surface area contributed by atoms with E-state index in [0.29, 0.717) is 13.2 Å². The average molecular weight is 196 g/mol. The highest BCUT2D eigenvalue weighted by Gasteiger charge is 2.01. The molecule has 0 fully saturated rings. The minimum Gasteiger partial charge on any atom is -0.465 e. The largest absolute Gasteiger partial charge is 0.465 e. The molecular weight excluding hydrogens is 180 g/mol. The van der Waals surface area contributed by atoms with Crippen LogP contribution in [-0.2, 0) is 23.1 Å². The zero-order valence-electron chi connectivity index (χ0n) is 8.62. The third-order valence-electron chi connectivity index (χ3n) is 1.93. The van der Waals surface area contributed by atoms with E-state index in [1.807, 2.05) is 29.9 Å². The Morgan fingerprint density at radius 1 is 1.64 bits per heavy atom. The molecule has 0 aliphatic heterocycles. The van der Waals surface area contributed by atoms with Crippen LogP contribution in [0, 0.1) is 0 Å². The van der Waals surface area contributed by atoms with Crippen LogP contribution in [0.5, 0.6) is 0 Å². The molecule has 0 atom stereocenters. The van der Waals surface area contributed by atoms with Crippen LogP contribution in [0.1, 0.15) is 12.6 Å². The van der Waals surface area contributed by atoms with Crippen molar-refractivity contribution >= 4 is 5.97 Å². The summed E-state index contributed by atoms with van der Waals surface area (Å²) in [6.45, 7) is 3.18. The van der Waals surface area contributed by atoms with Gasteiger partial charge in [0.15, 0.2) is 0 Å². The number of hydrogen-bond acceptors (Lipinski definition) is 3. The summed E-state index contributed by atoms with van der Waals surface area (Å²) in [5.41, 5.74) is 1.15. The first-order chi connectivity index (χ1) is 6.74. The molecule has 0 amide bonds. The molecule has 1 rings (SSSR count). The third kappa shape index (κ3) is 3.22. The number of nitrogens with one attached hydrogen (secondary N) is 1. The maximum absolute atomic E-state index is 11.0. The number of rotatable bonds is 5. The topological polar surface area (TPSA) is 43.3 Å². The Kier molecular flexibility index (Phi) is 4.19. The lowest BCUT2D eigenvalue weighted by atomic mass is 10.4. The van der Waals surface area contributed by atoms with Crippen molar-refractivity contribution in [3.63, 3.8) is 0 Å². The van der Waals surface area contributed by atoms with Gasteiger partial charge in [0, 0.05) is 25.5 Å². The molecule has 0 spiro atoms. The van der Waals surface area contributed by atoms with Crippen LogP contribution in [0.15, 0.2) is 18.3 Å². The summed E-state index contributed by atoms with van der Waals surface area (Å²) in [7, 11) is 1.97. The van der Waals surface area contributed by atoms with E-state index in [9.17, 15) is 4.79 Å². The minimum absolute atomic E-state index is 0.207. The van der Waals surface area contributed by atoms with Gasteiger partial charge >= 0.3 is 5.97 Å². The second kappa shape index (κ2) is 5.44. The maximum atomic E-state index is 11.0. The summed E-state index contributed by atoms with van der Waals surface area (Å²) in [5.74, 6) is -0.207. The van der Waals surface area contributed by atoms with Crippen molar-refractivity contribution in [2.24, 2.45) is 7.05 Å². The predicted molar refractivity (Wildman–Crippen MR) is 53.8 cm³/mol. The smallest absolute Gasteiger partial charge is 0.319 e. The first-order valence-electron chi connectivity index (χ1n) is 4.70. The fourth-order valence-electron chi connectivity index (χ4n) is 1.18. The van der Waals surface area contributed by atoms with Crippen molar-refractivity contribution in [3.05, 3.63) is 24.0 Å². The first-order valence-corrected chi connectivity index (χ1v) is 4.70. The summed E-state index contributed by atoms with van der Waals surface area (Å²) in [4.78, 5) is 11.0. The molecule has 78 valence electrons. The van der Waals surface area contributed by atoms with Crippen LogP contribution in [-0.4, -0.2) is 23.7 Å². The highest BCUT2D eigenvalue weighted by atomic mass is 16.5. The Hall–Kier alpha value is -1.29. The standard InChI is InChI=1S/C10H16N2O2/c1-3-14-10(13)8-11-7-9-5-4-6-12(9)2/h4-6,11H,3,7-8H2,1-2H3. The Bertz CT molecular complexity index is 294. The van der Waals surface area contributed by atoms with Gasteiger partial charge in [0.05, 0.1) is 13.2 Å². The molecule has 0 saturated carbocycles. The fraction of sp³-hybridized carbons (Fsp3) is 0.500. The predicted octanol–water partition coefficient (Wildman–Crippen LogP) is 0.678. The molecule has 0 unspecified atom stereocenters. The van der Waals surface area contributed by atoms with E-state index in [2.05, 4.69) is 5.32 Å². The molecule has 4 nitrogen and oxygen atoms in total. The van der Waals surface area contributed by atoms with Crippen LogP contribution in [0.4, 0.5) is 0 Å². The maximum Gasteiger partial charge on any atom is 0.319 e. The van der Waals surface area contributed by atoms with Gasteiger partial charge in [0.1, 0.15) is 0 Å². The normalized spacial score (nSPS) is 10.1. The highest BCUT2D eigenvalue weighted by molar-refractivity contribution is 5.71. The van der Waals surface area contributed by atoms with Crippen LogP contribution in [0.2, 0.25) is 0 Å². The highest BCUT2D eigenvalue weighted by Crippen LogP contribution is 1.97. The lowest BCUT2D eigenvalue weighted by Crippen LogP contribution is -2.25. The van der Waals surface area contributed by atoms with Crippen molar-refractivity contribution in [3.8, 4) is 0 Å². The molecule has 0 bridgehead atoms. The van der Waals surface area contributed by atoms with Gasteiger partial charge in [-0.25, -0.2) is 0 Å². The molecule has 4 heteroatoms. The van der Waals surface area contributed by atoms with Gasteiger partial charge in [-0.05, 0) is 19.1 Å². The van der Waals surface area contributed by atoms with Gasteiger partial charge in [-0.1, -0.05) is 0 Å². The molecule has 1 heterocycles. The SMILES string of the molecule is CCOC(=O)CNCc1cccn1C. The number of aryl methyl sites for hydroxylation is 1. The third-order valence-corrected chi connectivity index (χ3v) is 1.93. The molecular formula is C10H16N2O2. The number of carbonyl (C=O) groups is 1. The van der Waals surface area contributed by atoms with Gasteiger partial charge in [-0.2, -0.15) is 0 Å². The van der Waals surface area contributed by atoms with E-state index in [1.54, 1.807) is 6.92 Å². The Balaban J connectivity index is 2.22. The number of ether oxygens (including phenoxy) is 1. The second-order valence-corrected chi connectivity index (χ2v) is 3.02. The molecule has 0 saturated heterocycles. The van der Waals surface area contributed by atoms with E-state index in [0.717, 1.165) is 5.69 Å². The van der Waals surface area contributed by atoms with E-state index >= 15 is 0 Å². The molecule has 0 aliphatic rings. The zero-order valence-corrected chi connectivity index (χ0v) is 8.62. The van der Waals surface area contributed by atoms with Crippen LogP contribution in [0.25, 0.3) is 0 Å². The summed E-state index contributed by atoms with van der Waals surface area (Å²) in [6, 6.07) is 3.99. The van der Waals surface area contributed by atoms with E-state index in [-0.39, 0.29) is 12.5 Å². The van der Waals surface area contributed by atoms with Crippen molar-refractivity contribution in [1.29, 1.82) is 0 Å². The lowest BCUT2D eigenvalue weighted by molar-refractivity contribution is -0.142. The van der Waals surface area contributed by atoms with Crippen LogP contribution in [0.3, 0.4) is 0 Å². The summed E-state index contributed by atoms with van der Waals surface area (Å²) < 4.78 is 6.80. The first kappa shape index (κ1) is 10.8. The molecule has 0 radical (unpaired) electrons. The lowest BCUT2D eigenvalue weighted by Gasteiger charge is -2.05. The number of nitrogens with zero attached hydrogens (tertiary/aromatic N) is 1. The monoisotopic (exact) mass is 196 g/mol. The Morgan fingerprint density at radius 3 is 3.00 bits per heavy atom. The van der Waals surface area contributed by atoms with Gasteiger partial charge in [-0.3, -0.25) is 4.79 Å². The molecule has 1 aromatic rings. The number of esters is 1. The zero-order chi connectivity index (χ0) is 10.4. The van der Waals surface area contributed by atoms with Gasteiger partial charge in [0.2, 0.25) is 0 Å². The number of aromatic nitrogens is 1. The van der Waals surface area contributed by atoms with Crippen LogP contribution < -0.4 is 5.32 Å². The van der Waals surface area contributed by atoms with Crippen molar-refractivity contribution in [2.75, 3.05) is 13.2 Å². The summed E-state index contributed by atoms with van der Waals surface area (Å²) in [5, 5.41) is 3.02. The number of hydrogen-bond donors (Lipinski definition) is 1. The molecule has 0 aliphatic carbocycles. The Morgan fingerprint density at radius 2 is 2.43 bits per heavy atom. The fourth-order valence-corrected chi connectivity index (χ4v) is 1.18. The molecule has 1 aromatic heterocycles. The minimum atomic E-state index is -0.207. The van der Waals surface area contributed by atoms with Gasteiger partial charge in [0.25, 0.3) is 0 Å². The Labute approximate surface area is 83.9 Å². The average Bonchev–Trinajstić information content (AvgIpc) is 2.52. The molecule has 14 heavy (non-hydrogen) atoms. The number of carbonyl (C=O) groups excluding carboxylic acids is 1. The van der Waals surface area contributed by atoms with Crippen molar-refractivity contribution in [2.45, 2.75) is 13.5 Å². The van der Waals surface area contributed by atoms with E-state index in [4.69, 9.17) is 4.74 Å². The van der Waals surface area contributed by atoms with E-state index < -0.39 is 0 Å². The summed E-state index contributed by atoms with van der Waals surface area (Å²) in [6.07, 6.45) is 1.97. The van der Waals surface area contributed by atoms with E-state index in [1.165, 1.54) is 0 Å². The van der Waals surface area contributed by atoms with Gasteiger partial charge in [-0.15, -0.1) is 0 Å².